The first-order valence-electron chi connectivity index (χ1n) is 10.7. The minimum absolute atomic E-state index is 0.0204. The zero-order valence-corrected chi connectivity index (χ0v) is 17.0. The average Bonchev–Trinajstić information content (AvgIpc) is 2.93. The summed E-state index contributed by atoms with van der Waals surface area (Å²) in [7, 11) is 0. The monoisotopic (exact) mass is 409 g/mol. The van der Waals surface area contributed by atoms with Crippen molar-refractivity contribution in [3.8, 4) is 11.5 Å². The van der Waals surface area contributed by atoms with E-state index in [2.05, 4.69) is 0 Å². The highest BCUT2D eigenvalue weighted by atomic mass is 16.6. The molecular weight excluding hydrogens is 382 g/mol. The molecule has 5 rings (SSSR count). The van der Waals surface area contributed by atoms with Crippen LogP contribution in [0.25, 0.3) is 0 Å². The molecule has 30 heavy (non-hydrogen) atoms. The van der Waals surface area contributed by atoms with Crippen LogP contribution in [0.5, 0.6) is 11.5 Å². The lowest BCUT2D eigenvalue weighted by molar-refractivity contribution is -0.0538. The molecule has 3 heterocycles. The van der Waals surface area contributed by atoms with Crippen molar-refractivity contribution in [3.05, 3.63) is 59.7 Å². The quantitative estimate of drug-likeness (QED) is 0.830. The molecule has 0 aliphatic carbocycles. The Morgan fingerprint density at radius 3 is 2.47 bits per heavy atom. The Kier molecular flexibility index (Phi) is 5.03. The van der Waals surface area contributed by atoms with Crippen LogP contribution in [-0.2, 0) is 16.9 Å². The van der Waals surface area contributed by atoms with Crippen molar-refractivity contribution in [2.24, 2.45) is 0 Å². The third kappa shape index (κ3) is 3.60. The summed E-state index contributed by atoms with van der Waals surface area (Å²) in [5, 5.41) is 11.5. The lowest BCUT2D eigenvalue weighted by Crippen LogP contribution is -2.52. The van der Waals surface area contributed by atoms with Crippen LogP contribution in [0.1, 0.15) is 43.2 Å². The number of hydrogen-bond acceptors (Lipinski definition) is 5. The van der Waals surface area contributed by atoms with E-state index >= 15 is 0 Å². The molecule has 2 unspecified atom stereocenters. The second-order valence-electron chi connectivity index (χ2n) is 8.48. The van der Waals surface area contributed by atoms with E-state index in [0.29, 0.717) is 31.8 Å². The van der Waals surface area contributed by atoms with Gasteiger partial charge in [0.05, 0.1) is 18.8 Å². The zero-order chi connectivity index (χ0) is 20.6. The number of fused-ring (bicyclic) bond motifs is 3. The first-order chi connectivity index (χ1) is 14.6. The van der Waals surface area contributed by atoms with Crippen molar-refractivity contribution < 1.29 is 24.1 Å². The lowest BCUT2D eigenvalue weighted by Gasteiger charge is -2.43. The molecule has 1 amide bonds. The molecule has 6 heteroatoms. The summed E-state index contributed by atoms with van der Waals surface area (Å²) in [4.78, 5) is 14.6. The van der Waals surface area contributed by atoms with Crippen LogP contribution in [0.15, 0.2) is 48.5 Å². The summed E-state index contributed by atoms with van der Waals surface area (Å²) in [6.45, 7) is 1.52. The Morgan fingerprint density at radius 2 is 1.73 bits per heavy atom. The van der Waals surface area contributed by atoms with Gasteiger partial charge >= 0.3 is 6.09 Å². The first kappa shape index (κ1) is 19.2. The summed E-state index contributed by atoms with van der Waals surface area (Å²) in [6.07, 6.45) is 3.34. The fourth-order valence-corrected chi connectivity index (χ4v) is 5.01. The number of piperidine rings is 1. The Labute approximate surface area is 176 Å². The minimum Gasteiger partial charge on any atom is -0.490 e. The number of aliphatic hydroxyl groups is 1. The fourth-order valence-electron chi connectivity index (χ4n) is 5.01. The van der Waals surface area contributed by atoms with E-state index in [9.17, 15) is 9.90 Å². The Morgan fingerprint density at radius 1 is 1.03 bits per heavy atom. The van der Waals surface area contributed by atoms with Gasteiger partial charge in [0.15, 0.2) is 11.5 Å². The third-order valence-electron chi connectivity index (χ3n) is 6.47. The molecular formula is C24H27NO5. The molecule has 2 fully saturated rings. The maximum Gasteiger partial charge on any atom is 0.410 e. The molecule has 2 bridgehead atoms. The van der Waals surface area contributed by atoms with Crippen LogP contribution >= 0.6 is 0 Å². The van der Waals surface area contributed by atoms with E-state index in [4.69, 9.17) is 14.2 Å². The van der Waals surface area contributed by atoms with Gasteiger partial charge in [0.25, 0.3) is 0 Å². The van der Waals surface area contributed by atoms with Crippen LogP contribution in [0.4, 0.5) is 4.79 Å². The lowest BCUT2D eigenvalue weighted by atomic mass is 9.80. The normalized spacial score (nSPS) is 27.4. The Balaban J connectivity index is 1.30. The van der Waals surface area contributed by atoms with Crippen molar-refractivity contribution in [2.75, 3.05) is 13.2 Å². The van der Waals surface area contributed by atoms with E-state index in [1.165, 1.54) is 0 Å². The molecule has 3 aliphatic rings. The molecule has 1 N–H and O–H groups in total. The standard InChI is InChI=1S/C24H27NO5/c26-23(30-16-17-5-2-1-3-6-17)25-19-8-9-20(25)15-24(27,14-19)18-7-10-21-22(13-18)29-12-4-11-28-21/h1-3,5-7,10,13,19-20,27H,4,8-9,11-12,14-16H2. The molecule has 0 saturated carbocycles. The largest absolute Gasteiger partial charge is 0.490 e. The van der Waals surface area contributed by atoms with Gasteiger partial charge in [0.2, 0.25) is 0 Å². The maximum absolute atomic E-state index is 12.8. The van der Waals surface area contributed by atoms with Gasteiger partial charge in [-0.2, -0.15) is 0 Å². The van der Waals surface area contributed by atoms with E-state index in [1.54, 1.807) is 0 Å². The Bertz CT molecular complexity index is 901. The van der Waals surface area contributed by atoms with Gasteiger partial charge in [0, 0.05) is 31.3 Å². The second kappa shape index (κ2) is 7.84. The van der Waals surface area contributed by atoms with Gasteiger partial charge in [0.1, 0.15) is 6.61 Å². The van der Waals surface area contributed by atoms with Crippen molar-refractivity contribution in [1.29, 1.82) is 0 Å². The van der Waals surface area contributed by atoms with Crippen molar-refractivity contribution >= 4 is 6.09 Å². The van der Waals surface area contributed by atoms with Crippen molar-refractivity contribution in [2.45, 2.75) is 56.4 Å². The van der Waals surface area contributed by atoms with Crippen molar-refractivity contribution in [1.82, 2.24) is 4.90 Å². The summed E-state index contributed by atoms with van der Waals surface area (Å²) < 4.78 is 17.1. The second-order valence-corrected chi connectivity index (χ2v) is 8.48. The molecule has 2 aromatic carbocycles. The van der Waals surface area contributed by atoms with Crippen LogP contribution in [0.3, 0.4) is 0 Å². The summed E-state index contributed by atoms with van der Waals surface area (Å²) in [5.41, 5.74) is 0.826. The van der Waals surface area contributed by atoms with Crippen LogP contribution in [0.2, 0.25) is 0 Å². The third-order valence-corrected chi connectivity index (χ3v) is 6.47. The average molecular weight is 409 g/mol. The topological polar surface area (TPSA) is 68.2 Å². The SMILES string of the molecule is O=C(OCc1ccccc1)N1C2CCC1CC(O)(c1ccc3c(c1)OCCCO3)C2. The molecule has 3 aliphatic heterocycles. The molecule has 0 aromatic heterocycles. The molecule has 0 radical (unpaired) electrons. The van der Waals surface area contributed by atoms with Crippen LogP contribution in [-0.4, -0.2) is 41.4 Å². The zero-order valence-electron chi connectivity index (χ0n) is 17.0. The summed E-state index contributed by atoms with van der Waals surface area (Å²) >= 11 is 0. The maximum atomic E-state index is 12.8. The smallest absolute Gasteiger partial charge is 0.410 e. The molecule has 6 nitrogen and oxygen atoms in total. The van der Waals surface area contributed by atoms with E-state index in [0.717, 1.165) is 36.1 Å². The number of hydrogen-bond donors (Lipinski definition) is 1. The summed E-state index contributed by atoms with van der Waals surface area (Å²) in [5.74, 6) is 1.42. The minimum atomic E-state index is -0.979. The summed E-state index contributed by atoms with van der Waals surface area (Å²) in [6, 6.07) is 15.4. The number of nitrogens with zero attached hydrogens (tertiary/aromatic N) is 1. The molecule has 2 atom stereocenters. The van der Waals surface area contributed by atoms with Gasteiger partial charge in [-0.1, -0.05) is 36.4 Å². The molecule has 158 valence electrons. The molecule has 2 aromatic rings. The van der Waals surface area contributed by atoms with Crippen molar-refractivity contribution in [3.63, 3.8) is 0 Å². The highest BCUT2D eigenvalue weighted by Crippen LogP contribution is 2.47. The number of carbonyl (C=O) groups excluding carboxylic acids is 1. The predicted molar refractivity (Wildman–Crippen MR) is 110 cm³/mol. The van der Waals surface area contributed by atoms with Crippen LogP contribution < -0.4 is 9.47 Å². The van der Waals surface area contributed by atoms with Gasteiger partial charge in [-0.15, -0.1) is 0 Å². The number of carbonyl (C=O) groups is 1. The van der Waals surface area contributed by atoms with E-state index < -0.39 is 5.60 Å². The van der Waals surface area contributed by atoms with Gasteiger partial charge in [-0.05, 0) is 36.1 Å². The predicted octanol–water partition coefficient (Wildman–Crippen LogP) is 4.00. The molecule has 2 saturated heterocycles. The number of rotatable bonds is 3. The van der Waals surface area contributed by atoms with E-state index in [-0.39, 0.29) is 24.8 Å². The fraction of sp³-hybridized carbons (Fsp3) is 0.458. The Hall–Kier alpha value is -2.73. The van der Waals surface area contributed by atoms with Gasteiger partial charge in [-0.3, -0.25) is 0 Å². The molecule has 0 spiro atoms. The highest BCUT2D eigenvalue weighted by Gasteiger charge is 2.50. The first-order valence-corrected chi connectivity index (χ1v) is 10.7. The van der Waals surface area contributed by atoms with Gasteiger partial charge in [-0.25, -0.2) is 4.79 Å². The number of ether oxygens (including phenoxy) is 3. The van der Waals surface area contributed by atoms with Gasteiger partial charge < -0.3 is 24.2 Å². The highest BCUT2D eigenvalue weighted by molar-refractivity contribution is 5.69. The van der Waals surface area contributed by atoms with Crippen LogP contribution in [0, 0.1) is 0 Å². The number of amides is 1. The van der Waals surface area contributed by atoms with E-state index in [1.807, 2.05) is 53.4 Å². The number of benzene rings is 2.